The molecule has 0 bridgehead atoms. The van der Waals surface area contributed by atoms with E-state index in [1.54, 1.807) is 0 Å². The molecule has 2 nitrogen and oxygen atoms in total. The Bertz CT molecular complexity index is 304. The molecule has 2 fully saturated rings. The fourth-order valence-electron chi connectivity index (χ4n) is 4.78. The van der Waals surface area contributed by atoms with Crippen LogP contribution in [0.15, 0.2) is 0 Å². The molecule has 0 aromatic rings. The molecule has 4 atom stereocenters. The zero-order valence-corrected chi connectivity index (χ0v) is 15.0. The maximum atomic E-state index is 3.75. The standard InChI is InChI=1S/C19H38N2/c1-5-10-20-14-19(9-6-7-17(3)13-19)15-21-11-8-16(2)12-18(21)4/h16-18,20H,5-15H2,1-4H3. The van der Waals surface area contributed by atoms with Gasteiger partial charge in [-0.15, -0.1) is 0 Å². The van der Waals surface area contributed by atoms with Crippen molar-refractivity contribution in [2.24, 2.45) is 17.3 Å². The van der Waals surface area contributed by atoms with Gasteiger partial charge in [0, 0.05) is 19.1 Å². The van der Waals surface area contributed by atoms with Gasteiger partial charge >= 0.3 is 0 Å². The molecule has 21 heavy (non-hydrogen) atoms. The van der Waals surface area contributed by atoms with Crippen LogP contribution in [0, 0.1) is 17.3 Å². The van der Waals surface area contributed by atoms with Gasteiger partial charge in [-0.1, -0.05) is 33.6 Å². The maximum absolute atomic E-state index is 3.75. The van der Waals surface area contributed by atoms with Crippen LogP contribution in [0.3, 0.4) is 0 Å². The predicted octanol–water partition coefficient (Wildman–Crippen LogP) is 4.30. The van der Waals surface area contributed by atoms with Crippen LogP contribution in [0.25, 0.3) is 0 Å². The van der Waals surface area contributed by atoms with Crippen molar-refractivity contribution in [3.8, 4) is 0 Å². The van der Waals surface area contributed by atoms with Crippen molar-refractivity contribution < 1.29 is 0 Å². The summed E-state index contributed by atoms with van der Waals surface area (Å²) in [6, 6.07) is 0.786. The summed E-state index contributed by atoms with van der Waals surface area (Å²) in [5.41, 5.74) is 0.543. The summed E-state index contributed by atoms with van der Waals surface area (Å²) in [6.07, 6.45) is 9.81. The van der Waals surface area contributed by atoms with Crippen LogP contribution in [0.5, 0.6) is 0 Å². The van der Waals surface area contributed by atoms with Crippen LogP contribution in [0.4, 0.5) is 0 Å². The highest BCUT2D eigenvalue weighted by molar-refractivity contribution is 4.92. The monoisotopic (exact) mass is 294 g/mol. The van der Waals surface area contributed by atoms with Gasteiger partial charge in [0.15, 0.2) is 0 Å². The Morgan fingerprint density at radius 3 is 2.62 bits per heavy atom. The molecule has 1 N–H and O–H groups in total. The molecular weight excluding hydrogens is 256 g/mol. The lowest BCUT2D eigenvalue weighted by atomic mass is 9.69. The predicted molar refractivity (Wildman–Crippen MR) is 92.7 cm³/mol. The van der Waals surface area contributed by atoms with Crippen LogP contribution in [-0.2, 0) is 0 Å². The second-order valence-electron chi connectivity index (χ2n) is 8.33. The molecule has 0 amide bonds. The molecule has 1 aliphatic heterocycles. The molecule has 0 aromatic heterocycles. The summed E-state index contributed by atoms with van der Waals surface area (Å²) >= 11 is 0. The third-order valence-electron chi connectivity index (χ3n) is 5.93. The number of nitrogens with one attached hydrogen (secondary N) is 1. The van der Waals surface area contributed by atoms with E-state index in [9.17, 15) is 0 Å². The molecule has 2 aliphatic rings. The van der Waals surface area contributed by atoms with Gasteiger partial charge in [0.1, 0.15) is 0 Å². The summed E-state index contributed by atoms with van der Waals surface area (Å²) in [4.78, 5) is 2.81. The van der Waals surface area contributed by atoms with Crippen LogP contribution in [-0.4, -0.2) is 37.1 Å². The second-order valence-corrected chi connectivity index (χ2v) is 8.33. The summed E-state index contributed by atoms with van der Waals surface area (Å²) in [7, 11) is 0. The summed E-state index contributed by atoms with van der Waals surface area (Å²) in [5, 5.41) is 3.75. The van der Waals surface area contributed by atoms with Gasteiger partial charge in [0.25, 0.3) is 0 Å². The fraction of sp³-hybridized carbons (Fsp3) is 1.00. The number of hydrogen-bond donors (Lipinski definition) is 1. The third kappa shape index (κ3) is 4.96. The highest BCUT2D eigenvalue weighted by Crippen LogP contribution is 2.40. The molecule has 0 spiro atoms. The normalized spacial score (nSPS) is 38.6. The molecule has 1 aliphatic carbocycles. The van der Waals surface area contributed by atoms with Gasteiger partial charge in [-0.25, -0.2) is 0 Å². The summed E-state index contributed by atoms with van der Waals surface area (Å²) < 4.78 is 0. The van der Waals surface area contributed by atoms with Crippen molar-refractivity contribution in [3.05, 3.63) is 0 Å². The second kappa shape index (κ2) is 7.97. The number of piperidine rings is 1. The Balaban J connectivity index is 1.97. The van der Waals surface area contributed by atoms with Crippen LogP contribution >= 0.6 is 0 Å². The highest BCUT2D eigenvalue weighted by atomic mass is 15.2. The third-order valence-corrected chi connectivity index (χ3v) is 5.93. The van der Waals surface area contributed by atoms with E-state index in [1.165, 1.54) is 71.1 Å². The lowest BCUT2D eigenvalue weighted by molar-refractivity contribution is 0.0362. The quantitative estimate of drug-likeness (QED) is 0.735. The molecule has 1 saturated carbocycles. The lowest BCUT2D eigenvalue weighted by Gasteiger charge is -2.47. The van der Waals surface area contributed by atoms with E-state index in [2.05, 4.69) is 37.9 Å². The molecule has 2 heteroatoms. The number of nitrogens with zero attached hydrogens (tertiary/aromatic N) is 1. The van der Waals surface area contributed by atoms with Gasteiger partial charge in [-0.3, -0.25) is 0 Å². The van der Waals surface area contributed by atoms with Gasteiger partial charge in [-0.2, -0.15) is 0 Å². The minimum absolute atomic E-state index is 0.543. The Kier molecular flexibility index (Phi) is 6.55. The lowest BCUT2D eigenvalue weighted by Crippen LogP contribution is -2.51. The van der Waals surface area contributed by atoms with Crippen molar-refractivity contribution in [1.82, 2.24) is 10.2 Å². The van der Waals surface area contributed by atoms with E-state index < -0.39 is 0 Å². The first-order valence-corrected chi connectivity index (χ1v) is 9.49. The van der Waals surface area contributed by atoms with E-state index in [4.69, 9.17) is 0 Å². The highest BCUT2D eigenvalue weighted by Gasteiger charge is 2.38. The number of likely N-dealkylation sites (tertiary alicyclic amines) is 1. The topological polar surface area (TPSA) is 15.3 Å². The van der Waals surface area contributed by atoms with Gasteiger partial charge in [-0.05, 0) is 69.4 Å². The van der Waals surface area contributed by atoms with E-state index in [0.717, 1.165) is 17.9 Å². The van der Waals surface area contributed by atoms with Crippen molar-refractivity contribution in [2.75, 3.05) is 26.2 Å². The Labute approximate surface area is 133 Å². The Morgan fingerprint density at radius 2 is 1.95 bits per heavy atom. The first-order valence-electron chi connectivity index (χ1n) is 9.49. The smallest absolute Gasteiger partial charge is 0.00697 e. The minimum Gasteiger partial charge on any atom is -0.316 e. The Hall–Kier alpha value is -0.0800. The molecule has 124 valence electrons. The average Bonchev–Trinajstić information content (AvgIpc) is 2.42. The SMILES string of the molecule is CCCNCC1(CN2CCC(C)CC2C)CCCC(C)C1. The average molecular weight is 295 g/mol. The molecular formula is C19H38N2. The minimum atomic E-state index is 0.543. The van der Waals surface area contributed by atoms with Gasteiger partial charge < -0.3 is 10.2 Å². The van der Waals surface area contributed by atoms with Gasteiger partial charge in [0.2, 0.25) is 0 Å². The maximum Gasteiger partial charge on any atom is 0.00697 e. The molecule has 0 aromatic carbocycles. The molecule has 2 rings (SSSR count). The molecule has 4 unspecified atom stereocenters. The number of rotatable bonds is 6. The summed E-state index contributed by atoms with van der Waals surface area (Å²) in [5.74, 6) is 1.84. The molecule has 1 heterocycles. The largest absolute Gasteiger partial charge is 0.316 e. The van der Waals surface area contributed by atoms with Crippen LogP contribution in [0.1, 0.15) is 72.6 Å². The van der Waals surface area contributed by atoms with E-state index in [0.29, 0.717) is 5.41 Å². The van der Waals surface area contributed by atoms with Crippen LogP contribution < -0.4 is 5.32 Å². The fourth-order valence-corrected chi connectivity index (χ4v) is 4.78. The summed E-state index contributed by atoms with van der Waals surface area (Å²) in [6.45, 7) is 14.7. The van der Waals surface area contributed by atoms with Crippen molar-refractivity contribution in [3.63, 3.8) is 0 Å². The molecule has 0 radical (unpaired) electrons. The van der Waals surface area contributed by atoms with E-state index in [-0.39, 0.29) is 0 Å². The van der Waals surface area contributed by atoms with Gasteiger partial charge in [0.05, 0.1) is 0 Å². The van der Waals surface area contributed by atoms with E-state index in [1.807, 2.05) is 0 Å². The zero-order chi connectivity index (χ0) is 15.3. The first-order chi connectivity index (χ1) is 10.0. The Morgan fingerprint density at radius 1 is 1.14 bits per heavy atom. The first kappa shape index (κ1) is 17.3. The van der Waals surface area contributed by atoms with Crippen LogP contribution in [0.2, 0.25) is 0 Å². The zero-order valence-electron chi connectivity index (χ0n) is 15.0. The van der Waals surface area contributed by atoms with Crippen molar-refractivity contribution in [2.45, 2.75) is 78.7 Å². The van der Waals surface area contributed by atoms with E-state index >= 15 is 0 Å². The van der Waals surface area contributed by atoms with Crippen molar-refractivity contribution in [1.29, 1.82) is 0 Å². The van der Waals surface area contributed by atoms with Crippen molar-refractivity contribution >= 4 is 0 Å². The number of hydrogen-bond acceptors (Lipinski definition) is 2. The molecule has 1 saturated heterocycles.